The SMILES string of the molecule is CCCCCCCCCCCCCCC(=O)CCCBr. The molecule has 0 unspecified atom stereocenters. The van der Waals surface area contributed by atoms with Crippen molar-refractivity contribution < 1.29 is 4.79 Å². The summed E-state index contributed by atoms with van der Waals surface area (Å²) in [7, 11) is 0. The number of carbonyl (C=O) groups excluding carboxylic acids is 1. The zero-order valence-corrected chi connectivity index (χ0v) is 15.2. The number of ketones is 1. The third kappa shape index (κ3) is 16.2. The molecule has 2 heteroatoms. The lowest BCUT2D eigenvalue weighted by Crippen LogP contribution is -1.97. The van der Waals surface area contributed by atoms with E-state index in [1.54, 1.807) is 0 Å². The van der Waals surface area contributed by atoms with E-state index in [9.17, 15) is 4.79 Å². The molecule has 0 N–H and O–H groups in total. The third-order valence-corrected chi connectivity index (χ3v) is 4.46. The van der Waals surface area contributed by atoms with Crippen LogP contribution in [0.1, 0.15) is 103 Å². The molecule has 120 valence electrons. The van der Waals surface area contributed by atoms with E-state index in [4.69, 9.17) is 0 Å². The van der Waals surface area contributed by atoms with Crippen LogP contribution in [0, 0.1) is 0 Å². The van der Waals surface area contributed by atoms with E-state index in [1.807, 2.05) is 0 Å². The maximum absolute atomic E-state index is 11.5. The van der Waals surface area contributed by atoms with Gasteiger partial charge in [0, 0.05) is 18.2 Å². The smallest absolute Gasteiger partial charge is 0.132 e. The first-order valence-electron chi connectivity index (χ1n) is 8.89. The van der Waals surface area contributed by atoms with Crippen LogP contribution in [-0.2, 0) is 4.79 Å². The first-order valence-corrected chi connectivity index (χ1v) is 10.0. The number of rotatable bonds is 16. The van der Waals surface area contributed by atoms with Gasteiger partial charge >= 0.3 is 0 Å². The summed E-state index contributed by atoms with van der Waals surface area (Å²) in [5, 5.41) is 0.956. The molecule has 0 heterocycles. The van der Waals surface area contributed by atoms with Crippen molar-refractivity contribution in [1.29, 1.82) is 0 Å². The van der Waals surface area contributed by atoms with Crippen LogP contribution in [0.3, 0.4) is 0 Å². The highest BCUT2D eigenvalue weighted by molar-refractivity contribution is 9.09. The van der Waals surface area contributed by atoms with Gasteiger partial charge < -0.3 is 0 Å². The van der Waals surface area contributed by atoms with E-state index in [1.165, 1.54) is 70.6 Å². The highest BCUT2D eigenvalue weighted by atomic mass is 79.9. The van der Waals surface area contributed by atoms with Gasteiger partial charge in [0.1, 0.15) is 5.78 Å². The molecule has 0 aromatic rings. The topological polar surface area (TPSA) is 17.1 Å². The molecule has 0 aliphatic heterocycles. The van der Waals surface area contributed by atoms with E-state index >= 15 is 0 Å². The molecule has 0 amide bonds. The predicted octanol–water partition coefficient (Wildman–Crippen LogP) is 6.82. The minimum absolute atomic E-state index is 0.455. The Bertz CT molecular complexity index is 204. The van der Waals surface area contributed by atoms with Gasteiger partial charge in [0.15, 0.2) is 0 Å². The molecular weight excluding hydrogens is 312 g/mol. The van der Waals surface area contributed by atoms with Gasteiger partial charge in [-0.05, 0) is 12.8 Å². The Morgan fingerprint density at radius 3 is 1.50 bits per heavy atom. The fourth-order valence-corrected chi connectivity index (χ4v) is 2.83. The zero-order chi connectivity index (χ0) is 14.9. The van der Waals surface area contributed by atoms with E-state index in [2.05, 4.69) is 22.9 Å². The standard InChI is InChI=1S/C18H35BrO/c1-2-3-4-5-6-7-8-9-10-11-12-13-15-18(20)16-14-17-19/h2-17H2,1H3. The van der Waals surface area contributed by atoms with E-state index < -0.39 is 0 Å². The van der Waals surface area contributed by atoms with E-state index in [0.717, 1.165) is 31.0 Å². The average molecular weight is 347 g/mol. The normalized spacial score (nSPS) is 10.9. The van der Waals surface area contributed by atoms with Crippen LogP contribution in [0.4, 0.5) is 0 Å². The van der Waals surface area contributed by atoms with Crippen molar-refractivity contribution in [3.05, 3.63) is 0 Å². The van der Waals surface area contributed by atoms with Crippen LogP contribution in [-0.4, -0.2) is 11.1 Å². The van der Waals surface area contributed by atoms with Crippen LogP contribution < -0.4 is 0 Å². The number of alkyl halides is 1. The predicted molar refractivity (Wildman–Crippen MR) is 93.7 cm³/mol. The van der Waals surface area contributed by atoms with Gasteiger partial charge in [0.25, 0.3) is 0 Å². The second-order valence-electron chi connectivity index (χ2n) is 5.97. The summed E-state index contributed by atoms with van der Waals surface area (Å²) in [6.45, 7) is 2.27. The second kappa shape index (κ2) is 17.2. The van der Waals surface area contributed by atoms with Crippen LogP contribution in [0.25, 0.3) is 0 Å². The van der Waals surface area contributed by atoms with Crippen molar-refractivity contribution in [1.82, 2.24) is 0 Å². The van der Waals surface area contributed by atoms with Gasteiger partial charge in [0.2, 0.25) is 0 Å². The molecule has 0 aliphatic rings. The van der Waals surface area contributed by atoms with Crippen LogP contribution >= 0.6 is 15.9 Å². The molecule has 0 atom stereocenters. The largest absolute Gasteiger partial charge is 0.300 e. The molecule has 0 aromatic carbocycles. The van der Waals surface area contributed by atoms with Gasteiger partial charge in [0.05, 0.1) is 0 Å². The second-order valence-corrected chi connectivity index (χ2v) is 6.76. The fourth-order valence-electron chi connectivity index (χ4n) is 2.55. The highest BCUT2D eigenvalue weighted by Crippen LogP contribution is 2.13. The highest BCUT2D eigenvalue weighted by Gasteiger charge is 2.00. The molecule has 0 saturated heterocycles. The Kier molecular flexibility index (Phi) is 17.3. The first kappa shape index (κ1) is 20.1. The first-order chi connectivity index (χ1) is 9.81. The molecule has 0 aromatic heterocycles. The van der Waals surface area contributed by atoms with Crippen molar-refractivity contribution in [2.75, 3.05) is 5.33 Å². The Morgan fingerprint density at radius 2 is 1.05 bits per heavy atom. The number of unbranched alkanes of at least 4 members (excludes halogenated alkanes) is 11. The maximum atomic E-state index is 11.5. The fraction of sp³-hybridized carbons (Fsp3) is 0.944. The Morgan fingerprint density at radius 1 is 0.650 bits per heavy atom. The summed E-state index contributed by atoms with van der Waals surface area (Å²) in [4.78, 5) is 11.5. The maximum Gasteiger partial charge on any atom is 0.132 e. The summed E-state index contributed by atoms with van der Waals surface area (Å²) in [5.41, 5.74) is 0. The van der Waals surface area contributed by atoms with Crippen LogP contribution in [0.15, 0.2) is 0 Å². The van der Waals surface area contributed by atoms with Gasteiger partial charge in [-0.25, -0.2) is 0 Å². The van der Waals surface area contributed by atoms with Gasteiger partial charge in [-0.3, -0.25) is 4.79 Å². The molecule has 0 aliphatic carbocycles. The molecule has 0 saturated carbocycles. The number of hydrogen-bond acceptors (Lipinski definition) is 1. The molecule has 0 radical (unpaired) electrons. The summed E-state index contributed by atoms with van der Waals surface area (Å²) >= 11 is 3.37. The van der Waals surface area contributed by atoms with Crippen LogP contribution in [0.5, 0.6) is 0 Å². The molecule has 1 nitrogen and oxygen atoms in total. The number of Topliss-reactive ketones (excluding diaryl/α,β-unsaturated/α-hetero) is 1. The summed E-state index contributed by atoms with van der Waals surface area (Å²) in [5.74, 6) is 0.455. The molecule has 0 bridgehead atoms. The molecule has 0 rings (SSSR count). The number of halogens is 1. The minimum atomic E-state index is 0.455. The lowest BCUT2D eigenvalue weighted by Gasteiger charge is -2.03. The summed E-state index contributed by atoms with van der Waals surface area (Å²) in [6, 6.07) is 0. The van der Waals surface area contributed by atoms with Crippen LogP contribution in [0.2, 0.25) is 0 Å². The van der Waals surface area contributed by atoms with Gasteiger partial charge in [-0.1, -0.05) is 93.5 Å². The Labute approximate surface area is 135 Å². The lowest BCUT2D eigenvalue weighted by molar-refractivity contribution is -0.119. The Hall–Kier alpha value is 0.150. The molecule has 0 spiro atoms. The van der Waals surface area contributed by atoms with Crippen molar-refractivity contribution in [2.24, 2.45) is 0 Å². The van der Waals surface area contributed by atoms with Crippen molar-refractivity contribution >= 4 is 21.7 Å². The van der Waals surface area contributed by atoms with Crippen molar-refractivity contribution in [3.8, 4) is 0 Å². The van der Waals surface area contributed by atoms with Gasteiger partial charge in [-0.2, -0.15) is 0 Å². The van der Waals surface area contributed by atoms with Crippen molar-refractivity contribution in [3.63, 3.8) is 0 Å². The van der Waals surface area contributed by atoms with Gasteiger partial charge in [-0.15, -0.1) is 0 Å². The molecule has 20 heavy (non-hydrogen) atoms. The number of hydrogen-bond donors (Lipinski definition) is 0. The van der Waals surface area contributed by atoms with E-state index in [-0.39, 0.29) is 0 Å². The van der Waals surface area contributed by atoms with E-state index in [0.29, 0.717) is 5.78 Å². The summed E-state index contributed by atoms with van der Waals surface area (Å²) < 4.78 is 0. The van der Waals surface area contributed by atoms with Crippen molar-refractivity contribution in [2.45, 2.75) is 103 Å². The quantitative estimate of drug-likeness (QED) is 0.221. The third-order valence-electron chi connectivity index (χ3n) is 3.90. The monoisotopic (exact) mass is 346 g/mol. The lowest BCUT2D eigenvalue weighted by atomic mass is 10.0. The minimum Gasteiger partial charge on any atom is -0.300 e. The average Bonchev–Trinajstić information content (AvgIpc) is 2.46. The molecule has 0 fully saturated rings. The molecular formula is C18H35BrO. The number of carbonyl (C=O) groups is 1. The Balaban J connectivity index is 3.04. The summed E-state index contributed by atoms with van der Waals surface area (Å²) in [6.07, 6.45) is 18.9. The zero-order valence-electron chi connectivity index (χ0n) is 13.6.